The third-order valence-electron chi connectivity index (χ3n) is 1.62. The standard InChI is InChI=1S/C7H10N/c8-6-7-4-2-1-3-5-7/h1-5H2/q-1. The molecule has 0 heterocycles. The van der Waals surface area contributed by atoms with Crippen LogP contribution in [-0.2, 0) is 0 Å². The molecule has 1 saturated carbocycles. The van der Waals surface area contributed by atoms with Crippen molar-refractivity contribution in [3.05, 3.63) is 11.0 Å². The first kappa shape index (κ1) is 5.58. The maximum Gasteiger partial charge on any atom is -0.0262 e. The van der Waals surface area contributed by atoms with Gasteiger partial charge in [0.25, 0.3) is 0 Å². The minimum Gasteiger partial charge on any atom is -0.763 e. The van der Waals surface area contributed by atoms with Crippen molar-refractivity contribution in [2.75, 3.05) is 0 Å². The molecule has 0 aromatic heterocycles. The number of hydrogen-bond acceptors (Lipinski definition) is 0. The van der Waals surface area contributed by atoms with Crippen LogP contribution < -0.4 is 0 Å². The van der Waals surface area contributed by atoms with E-state index in [1.54, 1.807) is 0 Å². The number of rotatable bonds is 0. The number of hydrogen-bond donors (Lipinski definition) is 0. The van der Waals surface area contributed by atoms with Crippen molar-refractivity contribution in [2.24, 2.45) is 0 Å². The first-order valence-corrected chi connectivity index (χ1v) is 3.18. The first-order chi connectivity index (χ1) is 3.93. The van der Waals surface area contributed by atoms with Crippen LogP contribution in [0.5, 0.6) is 0 Å². The van der Waals surface area contributed by atoms with Gasteiger partial charge in [-0.3, -0.25) is 5.87 Å². The highest BCUT2D eigenvalue weighted by atomic mass is 14.3. The Hall–Kier alpha value is -0.550. The maximum atomic E-state index is 8.40. The Balaban J connectivity index is 2.45. The van der Waals surface area contributed by atoms with Crippen LogP contribution in [-0.4, -0.2) is 5.87 Å². The van der Waals surface area contributed by atoms with Crippen LogP contribution >= 0.6 is 0 Å². The summed E-state index contributed by atoms with van der Waals surface area (Å²) < 4.78 is 0. The molecular weight excluding hydrogens is 98.1 g/mol. The normalized spacial score (nSPS) is 20.2. The lowest BCUT2D eigenvalue weighted by molar-refractivity contribution is 0.605. The molecule has 0 amide bonds. The van der Waals surface area contributed by atoms with E-state index in [4.69, 9.17) is 5.41 Å². The van der Waals surface area contributed by atoms with Gasteiger partial charge in [-0.2, -0.15) is 0 Å². The van der Waals surface area contributed by atoms with Gasteiger partial charge in [0.2, 0.25) is 0 Å². The average Bonchev–Trinajstić information content (AvgIpc) is 1.90. The summed E-state index contributed by atoms with van der Waals surface area (Å²) in [6.45, 7) is 0. The molecule has 0 N–H and O–H groups in total. The van der Waals surface area contributed by atoms with Crippen molar-refractivity contribution in [3.63, 3.8) is 0 Å². The Labute approximate surface area is 49.9 Å². The lowest BCUT2D eigenvalue weighted by Gasteiger charge is -2.11. The Morgan fingerprint density at radius 1 is 1.12 bits per heavy atom. The van der Waals surface area contributed by atoms with E-state index in [1.165, 1.54) is 19.3 Å². The zero-order valence-corrected chi connectivity index (χ0v) is 4.98. The second kappa shape index (κ2) is 2.68. The molecule has 1 nitrogen and oxygen atoms in total. The van der Waals surface area contributed by atoms with E-state index in [0.29, 0.717) is 0 Å². The highest BCUT2D eigenvalue weighted by Crippen LogP contribution is 2.19. The van der Waals surface area contributed by atoms with Gasteiger partial charge in [0, 0.05) is 0 Å². The summed E-state index contributed by atoms with van der Waals surface area (Å²) in [6.07, 6.45) is 5.93. The van der Waals surface area contributed by atoms with Gasteiger partial charge in [0.1, 0.15) is 0 Å². The van der Waals surface area contributed by atoms with Crippen molar-refractivity contribution in [2.45, 2.75) is 32.1 Å². The third kappa shape index (κ3) is 1.21. The second-order valence-electron chi connectivity index (χ2n) is 2.28. The molecule has 1 rings (SSSR count). The summed E-state index contributed by atoms with van der Waals surface area (Å²) in [5, 5.41) is 8.40. The molecule has 0 unspecified atom stereocenters. The molecule has 1 aliphatic carbocycles. The topological polar surface area (TPSA) is 22.3 Å². The largest absolute Gasteiger partial charge is 0.763 e. The molecule has 0 aromatic rings. The fourth-order valence-electron chi connectivity index (χ4n) is 1.09. The zero-order chi connectivity index (χ0) is 5.82. The third-order valence-corrected chi connectivity index (χ3v) is 1.62. The second-order valence-corrected chi connectivity index (χ2v) is 2.28. The van der Waals surface area contributed by atoms with Crippen LogP contribution in [0.3, 0.4) is 0 Å². The highest BCUT2D eigenvalue weighted by Gasteiger charge is 2.01. The highest BCUT2D eigenvalue weighted by molar-refractivity contribution is 5.60. The smallest absolute Gasteiger partial charge is 0.0262 e. The van der Waals surface area contributed by atoms with Crippen LogP contribution in [0.1, 0.15) is 32.1 Å². The zero-order valence-electron chi connectivity index (χ0n) is 4.98. The molecule has 0 aromatic carbocycles. The van der Waals surface area contributed by atoms with E-state index in [2.05, 4.69) is 5.87 Å². The number of nitrogens with zero attached hydrogens (tertiary/aromatic N) is 1. The predicted molar refractivity (Wildman–Crippen MR) is 35.0 cm³/mol. The molecule has 0 saturated heterocycles. The molecule has 0 spiro atoms. The van der Waals surface area contributed by atoms with Crippen LogP contribution in [0.15, 0.2) is 5.57 Å². The van der Waals surface area contributed by atoms with E-state index in [-0.39, 0.29) is 0 Å². The van der Waals surface area contributed by atoms with Crippen LogP contribution in [0, 0.1) is 0 Å². The van der Waals surface area contributed by atoms with Gasteiger partial charge in [0.05, 0.1) is 0 Å². The Kier molecular flexibility index (Phi) is 1.87. The Morgan fingerprint density at radius 3 is 2.12 bits per heavy atom. The van der Waals surface area contributed by atoms with E-state index >= 15 is 0 Å². The van der Waals surface area contributed by atoms with E-state index in [1.807, 2.05) is 0 Å². The van der Waals surface area contributed by atoms with Crippen LogP contribution in [0.4, 0.5) is 0 Å². The lowest BCUT2D eigenvalue weighted by atomic mass is 9.96. The van der Waals surface area contributed by atoms with Crippen molar-refractivity contribution in [1.82, 2.24) is 0 Å². The molecule has 0 aliphatic heterocycles. The molecular formula is C7H10N-. The summed E-state index contributed by atoms with van der Waals surface area (Å²) in [6, 6.07) is 0. The van der Waals surface area contributed by atoms with E-state index < -0.39 is 0 Å². The van der Waals surface area contributed by atoms with Gasteiger partial charge in [-0.15, -0.1) is 0 Å². The van der Waals surface area contributed by atoms with Crippen molar-refractivity contribution in [3.8, 4) is 0 Å². The van der Waals surface area contributed by atoms with Gasteiger partial charge in [-0.25, -0.2) is 0 Å². The SMILES string of the molecule is [N-]=C=C1CCCCC1. The minimum atomic E-state index is 1.07. The molecule has 8 heavy (non-hydrogen) atoms. The summed E-state index contributed by atoms with van der Waals surface area (Å²) in [7, 11) is 0. The maximum absolute atomic E-state index is 8.40. The predicted octanol–water partition coefficient (Wildman–Crippen LogP) is 2.12. The van der Waals surface area contributed by atoms with Crippen molar-refractivity contribution < 1.29 is 0 Å². The first-order valence-electron chi connectivity index (χ1n) is 3.18. The minimum absolute atomic E-state index is 1.07. The van der Waals surface area contributed by atoms with Gasteiger partial charge < -0.3 is 5.41 Å². The van der Waals surface area contributed by atoms with Crippen LogP contribution in [0.2, 0.25) is 0 Å². The fraction of sp³-hybridized carbons (Fsp3) is 0.714. The van der Waals surface area contributed by atoms with Gasteiger partial charge in [-0.1, -0.05) is 12.0 Å². The summed E-state index contributed by atoms with van der Waals surface area (Å²) >= 11 is 0. The van der Waals surface area contributed by atoms with Gasteiger partial charge in [-0.05, 0) is 25.7 Å². The molecule has 0 radical (unpaired) electrons. The van der Waals surface area contributed by atoms with Crippen molar-refractivity contribution in [1.29, 1.82) is 0 Å². The molecule has 0 bridgehead atoms. The van der Waals surface area contributed by atoms with Crippen LogP contribution in [0.25, 0.3) is 5.41 Å². The quantitative estimate of drug-likeness (QED) is 0.424. The van der Waals surface area contributed by atoms with E-state index in [0.717, 1.165) is 18.4 Å². The molecule has 1 heteroatoms. The van der Waals surface area contributed by atoms with Gasteiger partial charge in [0.15, 0.2) is 0 Å². The Morgan fingerprint density at radius 2 is 1.75 bits per heavy atom. The fourth-order valence-corrected chi connectivity index (χ4v) is 1.09. The summed E-state index contributed by atoms with van der Waals surface area (Å²) in [5.41, 5.74) is 1.11. The molecule has 44 valence electrons. The Bertz CT molecular complexity index is 112. The lowest BCUT2D eigenvalue weighted by Crippen LogP contribution is -1.92. The molecule has 1 aliphatic rings. The number of allylic oxidation sites excluding steroid dienone is 1. The summed E-state index contributed by atoms with van der Waals surface area (Å²) in [5.74, 6) is 2.22. The molecule has 0 atom stereocenters. The average molecular weight is 108 g/mol. The summed E-state index contributed by atoms with van der Waals surface area (Å²) in [4.78, 5) is 0. The van der Waals surface area contributed by atoms with E-state index in [9.17, 15) is 0 Å². The molecule has 1 fully saturated rings. The van der Waals surface area contributed by atoms with Crippen molar-refractivity contribution >= 4 is 5.87 Å². The monoisotopic (exact) mass is 108 g/mol. The van der Waals surface area contributed by atoms with Gasteiger partial charge >= 0.3 is 0 Å².